The summed E-state index contributed by atoms with van der Waals surface area (Å²) in [6.07, 6.45) is 3.49. The Bertz CT molecular complexity index is 581. The van der Waals surface area contributed by atoms with Crippen LogP contribution in [0.25, 0.3) is 0 Å². The van der Waals surface area contributed by atoms with Crippen molar-refractivity contribution < 1.29 is 4.79 Å². The van der Waals surface area contributed by atoms with E-state index in [9.17, 15) is 4.79 Å². The van der Waals surface area contributed by atoms with Crippen molar-refractivity contribution in [2.24, 2.45) is 5.73 Å². The highest BCUT2D eigenvalue weighted by atomic mass is 16.2. The van der Waals surface area contributed by atoms with Crippen molar-refractivity contribution in [2.75, 3.05) is 5.32 Å². The molecular weight excluding hydrogens is 252 g/mol. The van der Waals surface area contributed by atoms with E-state index in [0.717, 1.165) is 22.4 Å². The molecule has 0 bridgehead atoms. The molecule has 0 radical (unpaired) electrons. The predicted octanol–water partition coefficient (Wildman–Crippen LogP) is 2.17. The van der Waals surface area contributed by atoms with E-state index in [-0.39, 0.29) is 6.03 Å². The third kappa shape index (κ3) is 3.80. The number of aromatic nitrogens is 1. The van der Waals surface area contributed by atoms with Gasteiger partial charge in [0.1, 0.15) is 0 Å². The Morgan fingerprint density at radius 3 is 2.65 bits per heavy atom. The molecule has 2 amide bonds. The van der Waals surface area contributed by atoms with E-state index < -0.39 is 0 Å². The zero-order chi connectivity index (χ0) is 14.4. The fourth-order valence-electron chi connectivity index (χ4n) is 1.78. The van der Waals surface area contributed by atoms with E-state index in [1.165, 1.54) is 0 Å². The van der Waals surface area contributed by atoms with Crippen molar-refractivity contribution in [2.45, 2.75) is 20.0 Å². The van der Waals surface area contributed by atoms with Crippen molar-refractivity contribution in [1.29, 1.82) is 0 Å². The van der Waals surface area contributed by atoms with Gasteiger partial charge in [-0.15, -0.1) is 0 Å². The Labute approximate surface area is 118 Å². The van der Waals surface area contributed by atoms with Crippen molar-refractivity contribution in [3.8, 4) is 0 Å². The molecular formula is C15H18N4O. The van der Waals surface area contributed by atoms with Crippen LogP contribution >= 0.6 is 0 Å². The van der Waals surface area contributed by atoms with E-state index in [0.29, 0.717) is 13.1 Å². The molecule has 0 atom stereocenters. The third-order valence-corrected chi connectivity index (χ3v) is 3.02. The molecule has 2 aromatic rings. The smallest absolute Gasteiger partial charge is 0.319 e. The van der Waals surface area contributed by atoms with Crippen LogP contribution in [-0.2, 0) is 13.1 Å². The number of hydrogen-bond acceptors (Lipinski definition) is 3. The van der Waals surface area contributed by atoms with Gasteiger partial charge in [0.15, 0.2) is 0 Å². The second-order valence-electron chi connectivity index (χ2n) is 4.51. The van der Waals surface area contributed by atoms with Gasteiger partial charge in [0.05, 0.1) is 0 Å². The summed E-state index contributed by atoms with van der Waals surface area (Å²) in [4.78, 5) is 15.8. The maximum Gasteiger partial charge on any atom is 0.319 e. The second-order valence-corrected chi connectivity index (χ2v) is 4.51. The summed E-state index contributed by atoms with van der Waals surface area (Å²) >= 11 is 0. The van der Waals surface area contributed by atoms with Gasteiger partial charge in [-0.2, -0.15) is 0 Å². The summed E-state index contributed by atoms with van der Waals surface area (Å²) in [7, 11) is 0. The SMILES string of the molecule is Cc1cnccc1CNC(=O)Nc1ccc(CN)cc1. The molecule has 0 aliphatic carbocycles. The van der Waals surface area contributed by atoms with Gasteiger partial charge >= 0.3 is 6.03 Å². The highest BCUT2D eigenvalue weighted by molar-refractivity contribution is 5.89. The number of urea groups is 1. The molecule has 4 N–H and O–H groups in total. The molecule has 1 heterocycles. The first-order valence-corrected chi connectivity index (χ1v) is 6.42. The third-order valence-electron chi connectivity index (χ3n) is 3.02. The number of hydrogen-bond donors (Lipinski definition) is 3. The maximum absolute atomic E-state index is 11.8. The van der Waals surface area contributed by atoms with Gasteiger partial charge in [0, 0.05) is 31.2 Å². The van der Waals surface area contributed by atoms with Gasteiger partial charge in [0.2, 0.25) is 0 Å². The van der Waals surface area contributed by atoms with E-state index in [4.69, 9.17) is 5.73 Å². The average molecular weight is 270 g/mol. The Balaban J connectivity index is 1.87. The number of rotatable bonds is 4. The number of nitrogens with one attached hydrogen (secondary N) is 2. The molecule has 0 saturated carbocycles. The van der Waals surface area contributed by atoms with E-state index in [2.05, 4.69) is 15.6 Å². The predicted molar refractivity (Wildman–Crippen MR) is 79.2 cm³/mol. The Morgan fingerprint density at radius 2 is 2.00 bits per heavy atom. The Hall–Kier alpha value is -2.40. The van der Waals surface area contributed by atoms with Crippen molar-refractivity contribution in [3.05, 3.63) is 59.4 Å². The number of pyridine rings is 1. The number of anilines is 1. The van der Waals surface area contributed by atoms with Gasteiger partial charge in [-0.3, -0.25) is 4.98 Å². The lowest BCUT2D eigenvalue weighted by atomic mass is 10.1. The number of nitrogens with two attached hydrogens (primary N) is 1. The van der Waals surface area contributed by atoms with Gasteiger partial charge in [0.25, 0.3) is 0 Å². The zero-order valence-electron chi connectivity index (χ0n) is 11.4. The van der Waals surface area contributed by atoms with Crippen molar-refractivity contribution >= 4 is 11.7 Å². The Kier molecular flexibility index (Phi) is 4.68. The molecule has 0 spiro atoms. The number of aryl methyl sites for hydroxylation is 1. The lowest BCUT2D eigenvalue weighted by Gasteiger charge is -2.09. The second kappa shape index (κ2) is 6.68. The molecule has 0 fully saturated rings. The molecule has 0 unspecified atom stereocenters. The topological polar surface area (TPSA) is 80.0 Å². The monoisotopic (exact) mass is 270 g/mol. The Morgan fingerprint density at radius 1 is 1.25 bits per heavy atom. The van der Waals surface area contributed by atoms with Gasteiger partial charge in [-0.1, -0.05) is 12.1 Å². The molecule has 1 aromatic carbocycles. The van der Waals surface area contributed by atoms with Crippen LogP contribution in [0.1, 0.15) is 16.7 Å². The molecule has 5 heteroatoms. The van der Waals surface area contributed by atoms with Crippen molar-refractivity contribution in [1.82, 2.24) is 10.3 Å². The summed E-state index contributed by atoms with van der Waals surface area (Å²) in [6.45, 7) is 2.93. The summed E-state index contributed by atoms with van der Waals surface area (Å²) in [5.41, 5.74) is 9.40. The summed E-state index contributed by atoms with van der Waals surface area (Å²) in [5, 5.41) is 5.59. The van der Waals surface area contributed by atoms with E-state index in [1.54, 1.807) is 12.4 Å². The molecule has 1 aromatic heterocycles. The maximum atomic E-state index is 11.8. The largest absolute Gasteiger partial charge is 0.334 e. The zero-order valence-corrected chi connectivity index (χ0v) is 11.4. The van der Waals surface area contributed by atoms with E-state index >= 15 is 0 Å². The van der Waals surface area contributed by atoms with Crippen LogP contribution in [0.15, 0.2) is 42.7 Å². The minimum Gasteiger partial charge on any atom is -0.334 e. The molecule has 0 aliphatic heterocycles. The molecule has 5 nitrogen and oxygen atoms in total. The number of carbonyl (C=O) groups excluding carboxylic acids is 1. The average Bonchev–Trinajstić information content (AvgIpc) is 2.47. The van der Waals surface area contributed by atoms with Crippen LogP contribution in [-0.4, -0.2) is 11.0 Å². The van der Waals surface area contributed by atoms with Crippen LogP contribution in [0.3, 0.4) is 0 Å². The normalized spacial score (nSPS) is 10.1. The van der Waals surface area contributed by atoms with Crippen LogP contribution < -0.4 is 16.4 Å². The lowest BCUT2D eigenvalue weighted by molar-refractivity contribution is 0.251. The quantitative estimate of drug-likeness (QED) is 0.796. The number of amides is 2. The first-order valence-electron chi connectivity index (χ1n) is 6.42. The lowest BCUT2D eigenvalue weighted by Crippen LogP contribution is -2.28. The molecule has 2 rings (SSSR count). The highest BCUT2D eigenvalue weighted by Crippen LogP contribution is 2.09. The molecule has 0 saturated heterocycles. The van der Waals surface area contributed by atoms with Crippen LogP contribution in [0.5, 0.6) is 0 Å². The number of nitrogens with zero attached hydrogens (tertiary/aromatic N) is 1. The minimum absolute atomic E-state index is 0.235. The summed E-state index contributed by atoms with van der Waals surface area (Å²) in [6, 6.07) is 9.11. The molecule has 20 heavy (non-hydrogen) atoms. The minimum atomic E-state index is -0.235. The first-order chi connectivity index (χ1) is 9.69. The summed E-state index contributed by atoms with van der Waals surface area (Å²) in [5.74, 6) is 0. The van der Waals surface area contributed by atoms with Gasteiger partial charge in [-0.25, -0.2) is 4.79 Å². The summed E-state index contributed by atoms with van der Waals surface area (Å²) < 4.78 is 0. The van der Waals surface area contributed by atoms with Crippen molar-refractivity contribution in [3.63, 3.8) is 0 Å². The molecule has 104 valence electrons. The number of carbonyl (C=O) groups is 1. The standard InChI is InChI=1S/C15H18N4O/c1-11-9-17-7-6-13(11)10-18-15(20)19-14-4-2-12(8-16)3-5-14/h2-7,9H,8,10,16H2,1H3,(H2,18,19,20). The highest BCUT2D eigenvalue weighted by Gasteiger charge is 2.03. The van der Waals surface area contributed by atoms with Gasteiger partial charge in [-0.05, 0) is 41.8 Å². The number of benzene rings is 1. The van der Waals surface area contributed by atoms with Gasteiger partial charge < -0.3 is 16.4 Å². The van der Waals surface area contributed by atoms with Crippen LogP contribution in [0.2, 0.25) is 0 Å². The van der Waals surface area contributed by atoms with Crippen LogP contribution in [0.4, 0.5) is 10.5 Å². The van der Waals surface area contributed by atoms with E-state index in [1.807, 2.05) is 37.3 Å². The first kappa shape index (κ1) is 14.0. The van der Waals surface area contributed by atoms with Crippen LogP contribution in [0, 0.1) is 6.92 Å². The molecule has 0 aliphatic rings. The fourth-order valence-corrected chi connectivity index (χ4v) is 1.78. The fraction of sp³-hybridized carbons (Fsp3) is 0.200.